The van der Waals surface area contributed by atoms with Gasteiger partial charge >= 0.3 is 12.1 Å². The average Bonchev–Trinajstić information content (AvgIpc) is 3.90. The van der Waals surface area contributed by atoms with E-state index >= 15 is 4.39 Å². The fourth-order valence-corrected chi connectivity index (χ4v) is 10.4. The molecular formula is C47H76FN7O12. The summed E-state index contributed by atoms with van der Waals surface area (Å²) in [5.74, 6) is -3.37. The lowest BCUT2D eigenvalue weighted by Gasteiger charge is -2.47. The molecule has 1 aromatic heterocycles. The van der Waals surface area contributed by atoms with E-state index in [-0.39, 0.29) is 38.0 Å². The van der Waals surface area contributed by atoms with Gasteiger partial charge in [0.1, 0.15) is 35.8 Å². The molecule has 5 heterocycles. The largest absolute Gasteiger partial charge is 0.459 e. The van der Waals surface area contributed by atoms with Crippen molar-refractivity contribution < 1.29 is 63.2 Å². The number of ether oxygens (including phenoxy) is 5. The molecule has 6 rings (SSSR count). The minimum absolute atomic E-state index is 0.178. The van der Waals surface area contributed by atoms with Crippen molar-refractivity contribution >= 4 is 23.4 Å². The molecule has 0 bridgehead atoms. The Labute approximate surface area is 394 Å². The number of rotatable bonds is 11. The fourth-order valence-electron chi connectivity index (χ4n) is 10.4. The third-order valence-electron chi connectivity index (χ3n) is 14.5. The first-order chi connectivity index (χ1) is 31.5. The van der Waals surface area contributed by atoms with Gasteiger partial charge in [0.25, 0.3) is 0 Å². The Kier molecular flexibility index (Phi) is 17.4. The second kappa shape index (κ2) is 22.0. The highest BCUT2D eigenvalue weighted by molar-refractivity contribution is 5.90. The van der Waals surface area contributed by atoms with E-state index in [1.165, 1.54) is 24.8 Å². The maximum atomic E-state index is 15.2. The van der Waals surface area contributed by atoms with Crippen LogP contribution in [0.3, 0.4) is 0 Å². The molecule has 0 saturated carbocycles. The van der Waals surface area contributed by atoms with Gasteiger partial charge in [0.15, 0.2) is 6.29 Å². The number of nitrogens with zero attached hydrogens (tertiary/aromatic N) is 7. The van der Waals surface area contributed by atoms with Gasteiger partial charge < -0.3 is 63.9 Å². The molecule has 4 aliphatic heterocycles. The summed E-state index contributed by atoms with van der Waals surface area (Å²) < 4.78 is 46.4. The number of anilines is 2. The van der Waals surface area contributed by atoms with Crippen molar-refractivity contribution in [2.45, 2.75) is 160 Å². The zero-order chi connectivity index (χ0) is 49.1. The molecule has 1 amide bonds. The highest BCUT2D eigenvalue weighted by Crippen LogP contribution is 2.37. The number of halogens is 1. The molecule has 67 heavy (non-hydrogen) atoms. The van der Waals surface area contributed by atoms with Crippen molar-refractivity contribution in [2.75, 3.05) is 69.8 Å². The van der Waals surface area contributed by atoms with Gasteiger partial charge in [0.2, 0.25) is 0 Å². The van der Waals surface area contributed by atoms with Crippen molar-refractivity contribution in [3.8, 4) is 0 Å². The zero-order valence-corrected chi connectivity index (χ0v) is 40.9. The van der Waals surface area contributed by atoms with Gasteiger partial charge in [-0.25, -0.2) is 13.9 Å². The summed E-state index contributed by atoms with van der Waals surface area (Å²) in [5, 5.41) is 67.5. The minimum Gasteiger partial charge on any atom is -0.459 e. The fraction of sp³-hybridized carbons (Fsp3) is 0.787. The molecule has 2 aromatic rings. The Hall–Kier alpha value is -3.57. The lowest BCUT2D eigenvalue weighted by Crippen LogP contribution is -2.59. The summed E-state index contributed by atoms with van der Waals surface area (Å²) in [5.41, 5.74) is -1.86. The number of amides is 1. The van der Waals surface area contributed by atoms with Crippen molar-refractivity contribution in [2.24, 2.45) is 17.8 Å². The number of esters is 1. The molecule has 5 N–H and O–H groups in total. The first-order valence-electron chi connectivity index (χ1n) is 23.9. The Morgan fingerprint density at radius 1 is 1.00 bits per heavy atom. The Balaban J connectivity index is 1.09. The van der Waals surface area contributed by atoms with E-state index in [0.717, 1.165) is 0 Å². The molecule has 1 aromatic carbocycles. The lowest BCUT2D eigenvalue weighted by molar-refractivity contribution is -0.299. The van der Waals surface area contributed by atoms with Crippen LogP contribution in [0.2, 0.25) is 0 Å². The number of carbonyl (C=O) groups is 2. The first-order valence-corrected chi connectivity index (χ1v) is 23.9. The van der Waals surface area contributed by atoms with Crippen LogP contribution in [0.4, 0.5) is 20.6 Å². The standard InChI is InChI=1S/C47H76FN7O12/c1-11-38-47(8,62)41(58)31(6)52(10)23-27(2)22-46(7,61)42(29(4)39(56)30(5)43(59)66-38)67-44-40(57)37(20-28(3)64-44)51(9)15-14-32-24-54(50-49-32)25-34-26-55(45(60)65-34)33-12-13-36(35(48)21-33)53-16-18-63-19-17-53/h12-13,21,24,27-31,34,37-42,44,56-58,61-62H,11,14-20,22-23,25-26H2,1-10H3/t27-,28-,29+,30-,31-,34+,37+,38-,39+,40-,41-,42-,44+,46-,47-/m1/s1. The predicted octanol–water partition coefficient (Wildman–Crippen LogP) is 2.18. The molecule has 15 atom stereocenters. The van der Waals surface area contributed by atoms with Crippen LogP contribution in [0.25, 0.3) is 0 Å². The summed E-state index contributed by atoms with van der Waals surface area (Å²) in [6.07, 6.45) is -5.66. The van der Waals surface area contributed by atoms with Crippen molar-refractivity contribution in [3.05, 3.63) is 35.9 Å². The molecule has 378 valence electrons. The van der Waals surface area contributed by atoms with Gasteiger partial charge in [-0.05, 0) is 92.1 Å². The molecule has 4 aliphatic rings. The van der Waals surface area contributed by atoms with Crippen molar-refractivity contribution in [1.82, 2.24) is 24.8 Å². The molecule has 0 radical (unpaired) electrons. The third-order valence-corrected chi connectivity index (χ3v) is 14.5. The van der Waals surface area contributed by atoms with Crippen LogP contribution in [-0.2, 0) is 41.4 Å². The minimum atomic E-state index is -1.80. The quantitative estimate of drug-likeness (QED) is 0.204. The molecule has 4 fully saturated rings. The second-order valence-corrected chi connectivity index (χ2v) is 20.2. The maximum absolute atomic E-state index is 15.2. The van der Waals surface area contributed by atoms with Gasteiger partial charge in [-0.1, -0.05) is 26.0 Å². The van der Waals surface area contributed by atoms with E-state index in [2.05, 4.69) is 10.3 Å². The van der Waals surface area contributed by atoms with Crippen LogP contribution in [0.5, 0.6) is 0 Å². The number of aromatic nitrogens is 3. The molecule has 19 nitrogen and oxygen atoms in total. The topological polar surface area (TPSA) is 225 Å². The normalized spacial score (nSPS) is 37.8. The monoisotopic (exact) mass is 950 g/mol. The number of aliphatic hydroxyl groups excluding tert-OH is 3. The van der Waals surface area contributed by atoms with E-state index in [1.54, 1.807) is 50.7 Å². The van der Waals surface area contributed by atoms with Crippen molar-refractivity contribution in [3.63, 3.8) is 0 Å². The van der Waals surface area contributed by atoms with Crippen LogP contribution in [-0.4, -0.2) is 195 Å². The summed E-state index contributed by atoms with van der Waals surface area (Å²) in [7, 11) is 3.70. The first kappa shape index (κ1) is 52.8. The summed E-state index contributed by atoms with van der Waals surface area (Å²) in [4.78, 5) is 33.7. The highest BCUT2D eigenvalue weighted by Gasteiger charge is 2.50. The zero-order valence-electron chi connectivity index (χ0n) is 40.9. The van der Waals surface area contributed by atoms with Gasteiger partial charge in [0, 0.05) is 56.8 Å². The van der Waals surface area contributed by atoms with Gasteiger partial charge in [-0.15, -0.1) is 5.10 Å². The SMILES string of the molecule is CC[C@H]1OC(=O)[C@H](C)[C@@H](O)[C@H](C)[C@@H](O[C@@H]2O[C@H](C)C[C@H](N(C)CCc3cn(C[C@H]4CN(c5ccc(N6CCOCC6)c(F)c5)C(=O)O4)nn3)[C@H]2O)[C@](C)(O)C[C@@H](C)CN(C)[C@H](C)[C@@H](O)[C@]1(C)O. The molecule has 0 aliphatic carbocycles. The third kappa shape index (κ3) is 12.2. The maximum Gasteiger partial charge on any atom is 0.414 e. The molecule has 20 heteroatoms. The lowest BCUT2D eigenvalue weighted by atomic mass is 9.78. The average molecular weight is 950 g/mol. The summed E-state index contributed by atoms with van der Waals surface area (Å²) in [6.45, 7) is 17.2. The van der Waals surface area contributed by atoms with Crippen LogP contribution in [0.1, 0.15) is 80.3 Å². The van der Waals surface area contributed by atoms with Gasteiger partial charge in [-0.2, -0.15) is 0 Å². The van der Waals surface area contributed by atoms with E-state index < -0.39 is 95.9 Å². The number of carbonyl (C=O) groups excluding carboxylic acids is 2. The molecule has 0 spiro atoms. The van der Waals surface area contributed by atoms with E-state index in [4.69, 9.17) is 23.7 Å². The number of morpholine rings is 1. The smallest absolute Gasteiger partial charge is 0.414 e. The number of hydrogen-bond donors (Lipinski definition) is 5. The number of benzene rings is 1. The number of likely N-dealkylation sites (N-methyl/N-ethyl adjacent to an activating group) is 2. The predicted molar refractivity (Wildman–Crippen MR) is 245 cm³/mol. The Morgan fingerprint density at radius 3 is 2.37 bits per heavy atom. The Morgan fingerprint density at radius 2 is 1.70 bits per heavy atom. The number of hydrogen-bond acceptors (Lipinski definition) is 17. The molecular weight excluding hydrogens is 874 g/mol. The molecule has 4 saturated heterocycles. The van der Waals surface area contributed by atoms with Crippen molar-refractivity contribution in [1.29, 1.82) is 0 Å². The van der Waals surface area contributed by atoms with E-state index in [1.807, 2.05) is 42.6 Å². The summed E-state index contributed by atoms with van der Waals surface area (Å²) in [6, 6.07) is 3.74. The Bertz CT molecular complexity index is 1950. The van der Waals surface area contributed by atoms with Crippen LogP contribution in [0, 0.1) is 23.6 Å². The number of cyclic esters (lactones) is 2. The van der Waals surface area contributed by atoms with Gasteiger partial charge in [-0.3, -0.25) is 9.69 Å². The highest BCUT2D eigenvalue weighted by atomic mass is 19.1. The van der Waals surface area contributed by atoms with E-state index in [9.17, 15) is 35.1 Å². The van der Waals surface area contributed by atoms with Crippen LogP contribution < -0.4 is 9.80 Å². The van der Waals surface area contributed by atoms with Crippen LogP contribution >= 0.6 is 0 Å². The summed E-state index contributed by atoms with van der Waals surface area (Å²) >= 11 is 0. The number of aliphatic hydroxyl groups is 5. The van der Waals surface area contributed by atoms with Gasteiger partial charge in [0.05, 0.1) is 73.2 Å². The van der Waals surface area contributed by atoms with Crippen LogP contribution in [0.15, 0.2) is 24.4 Å². The van der Waals surface area contributed by atoms with E-state index in [0.29, 0.717) is 69.3 Å². The molecule has 0 unspecified atom stereocenters. The second-order valence-electron chi connectivity index (χ2n) is 20.2.